The van der Waals surface area contributed by atoms with Gasteiger partial charge in [0.1, 0.15) is 11.8 Å². The van der Waals surface area contributed by atoms with E-state index in [1.807, 2.05) is 0 Å². The number of nitrogens with zero attached hydrogens (tertiary/aromatic N) is 1. The van der Waals surface area contributed by atoms with Crippen LogP contribution >= 0.6 is 0 Å². The van der Waals surface area contributed by atoms with Crippen LogP contribution in [0.5, 0.6) is 5.75 Å². The lowest BCUT2D eigenvalue weighted by molar-refractivity contribution is -0.135. The lowest BCUT2D eigenvalue weighted by Gasteiger charge is -2.35. The molecule has 8 nitrogen and oxygen atoms in total. The quantitative estimate of drug-likeness (QED) is 0.516. The molecule has 2 rings (SSSR count). The van der Waals surface area contributed by atoms with E-state index in [0.717, 1.165) is 4.31 Å². The van der Waals surface area contributed by atoms with Gasteiger partial charge in [0.2, 0.25) is 10.0 Å². The van der Waals surface area contributed by atoms with Crippen molar-refractivity contribution in [3.05, 3.63) is 24.3 Å². The van der Waals surface area contributed by atoms with Crippen molar-refractivity contribution in [1.82, 2.24) is 9.79 Å². The monoisotopic (exact) mass is 330 g/mol. The van der Waals surface area contributed by atoms with Crippen LogP contribution in [0, 0.1) is 0 Å². The van der Waals surface area contributed by atoms with E-state index in [2.05, 4.69) is 0 Å². The van der Waals surface area contributed by atoms with Crippen LogP contribution in [0.4, 0.5) is 0 Å². The molecule has 1 aliphatic heterocycles. The number of aliphatic hydroxyl groups is 1. The zero-order valence-corrected chi connectivity index (χ0v) is 12.8. The van der Waals surface area contributed by atoms with Gasteiger partial charge in [-0.1, -0.05) is 0 Å². The summed E-state index contributed by atoms with van der Waals surface area (Å²) in [6.45, 7) is -0.00633. The summed E-state index contributed by atoms with van der Waals surface area (Å²) in [5.74, 6) is -0.353. The first-order valence-corrected chi connectivity index (χ1v) is 8.12. The summed E-state index contributed by atoms with van der Waals surface area (Å²) in [5.41, 5.74) is 1.45. The van der Waals surface area contributed by atoms with E-state index < -0.39 is 28.1 Å². The van der Waals surface area contributed by atoms with Gasteiger partial charge in [-0.3, -0.25) is 10.0 Å². The molecule has 2 atom stereocenters. The molecule has 3 N–H and O–H groups in total. The number of hydrogen-bond acceptors (Lipinski definition) is 6. The second kappa shape index (κ2) is 6.61. The van der Waals surface area contributed by atoms with Gasteiger partial charge in [-0.15, -0.1) is 0 Å². The zero-order chi connectivity index (χ0) is 16.3. The van der Waals surface area contributed by atoms with E-state index in [0.29, 0.717) is 5.75 Å². The maximum atomic E-state index is 12.7. The van der Waals surface area contributed by atoms with Crippen LogP contribution in [-0.2, 0) is 14.8 Å². The lowest BCUT2D eigenvalue weighted by Crippen LogP contribution is -2.54. The van der Waals surface area contributed by atoms with Gasteiger partial charge in [-0.25, -0.2) is 13.9 Å². The number of methoxy groups -OCH3 is 1. The minimum absolute atomic E-state index is 0.00633. The van der Waals surface area contributed by atoms with Gasteiger partial charge in [0.15, 0.2) is 0 Å². The van der Waals surface area contributed by atoms with Crippen LogP contribution in [0.3, 0.4) is 0 Å². The maximum absolute atomic E-state index is 12.7. The van der Waals surface area contributed by atoms with Crippen LogP contribution < -0.4 is 10.2 Å². The summed E-state index contributed by atoms with van der Waals surface area (Å²) < 4.78 is 31.3. The van der Waals surface area contributed by atoms with Crippen LogP contribution in [-0.4, -0.2) is 54.7 Å². The Morgan fingerprint density at radius 2 is 2.00 bits per heavy atom. The smallest absolute Gasteiger partial charge is 0.261 e. The van der Waals surface area contributed by atoms with Crippen LogP contribution in [0.2, 0.25) is 0 Å². The highest BCUT2D eigenvalue weighted by molar-refractivity contribution is 7.89. The number of carbonyl (C=O) groups is 1. The Morgan fingerprint density at radius 1 is 1.36 bits per heavy atom. The summed E-state index contributed by atoms with van der Waals surface area (Å²) in [6.07, 6.45) is -0.628. The van der Waals surface area contributed by atoms with Crippen molar-refractivity contribution in [2.75, 3.05) is 13.7 Å². The molecule has 1 amide bonds. The van der Waals surface area contributed by atoms with Crippen LogP contribution in [0.1, 0.15) is 12.8 Å². The average Bonchev–Trinajstić information content (AvgIpc) is 2.53. The number of amides is 1. The minimum atomic E-state index is -3.92. The fourth-order valence-electron chi connectivity index (χ4n) is 2.41. The molecule has 122 valence electrons. The molecule has 9 heteroatoms. The molecule has 0 radical (unpaired) electrons. The Bertz CT molecular complexity index is 630. The third kappa shape index (κ3) is 3.22. The molecule has 0 aromatic heterocycles. The predicted molar refractivity (Wildman–Crippen MR) is 75.8 cm³/mol. The van der Waals surface area contributed by atoms with E-state index in [9.17, 15) is 18.3 Å². The van der Waals surface area contributed by atoms with E-state index in [1.165, 1.54) is 36.9 Å². The Labute approximate surface area is 128 Å². The SMILES string of the molecule is COc1ccc(S(=O)(=O)N2CCC(O)C[C@@H]2C(=O)NO)cc1. The van der Waals surface area contributed by atoms with Crippen molar-refractivity contribution >= 4 is 15.9 Å². The highest BCUT2D eigenvalue weighted by Gasteiger charge is 2.40. The summed E-state index contributed by atoms with van der Waals surface area (Å²) >= 11 is 0. The fourth-order valence-corrected chi connectivity index (χ4v) is 4.02. The molecule has 22 heavy (non-hydrogen) atoms. The van der Waals surface area contributed by atoms with Crippen molar-refractivity contribution in [1.29, 1.82) is 0 Å². The maximum Gasteiger partial charge on any atom is 0.261 e. The number of nitrogens with one attached hydrogen (secondary N) is 1. The molecule has 1 heterocycles. The number of piperidine rings is 1. The molecule has 1 fully saturated rings. The number of ether oxygens (including phenoxy) is 1. The largest absolute Gasteiger partial charge is 0.497 e. The standard InChI is InChI=1S/C13H18N2O6S/c1-21-10-2-4-11(5-3-10)22(19,20)15-7-6-9(16)8-12(15)13(17)14-18/h2-5,9,12,16,18H,6-8H2,1H3,(H,14,17)/t9?,12-/m1/s1. The number of rotatable bonds is 4. The van der Waals surface area contributed by atoms with Crippen molar-refractivity contribution < 1.29 is 28.3 Å². The molecular formula is C13H18N2O6S. The van der Waals surface area contributed by atoms with Gasteiger partial charge in [0, 0.05) is 6.54 Å². The average molecular weight is 330 g/mol. The van der Waals surface area contributed by atoms with Crippen molar-refractivity contribution in [3.8, 4) is 5.75 Å². The first-order chi connectivity index (χ1) is 10.4. The van der Waals surface area contributed by atoms with E-state index in [4.69, 9.17) is 9.94 Å². The van der Waals surface area contributed by atoms with E-state index >= 15 is 0 Å². The van der Waals surface area contributed by atoms with E-state index in [-0.39, 0.29) is 24.3 Å². The number of benzene rings is 1. The molecule has 1 aromatic rings. The van der Waals surface area contributed by atoms with Gasteiger partial charge >= 0.3 is 0 Å². The molecule has 0 saturated carbocycles. The zero-order valence-electron chi connectivity index (χ0n) is 12.0. The van der Waals surface area contributed by atoms with Gasteiger partial charge in [-0.2, -0.15) is 4.31 Å². The van der Waals surface area contributed by atoms with Crippen molar-refractivity contribution in [2.45, 2.75) is 29.9 Å². The summed E-state index contributed by atoms with van der Waals surface area (Å²) in [4.78, 5) is 11.7. The molecule has 0 bridgehead atoms. The summed E-state index contributed by atoms with van der Waals surface area (Å²) in [7, 11) is -2.45. The topological polar surface area (TPSA) is 116 Å². The number of sulfonamides is 1. The third-order valence-electron chi connectivity index (χ3n) is 3.60. The molecule has 1 aromatic carbocycles. The van der Waals surface area contributed by atoms with Gasteiger partial charge in [0.05, 0.1) is 18.1 Å². The highest BCUT2D eigenvalue weighted by Crippen LogP contribution is 2.26. The lowest BCUT2D eigenvalue weighted by atomic mass is 10.0. The number of hydroxylamine groups is 1. The second-order valence-electron chi connectivity index (χ2n) is 4.96. The minimum Gasteiger partial charge on any atom is -0.497 e. The number of aliphatic hydroxyl groups excluding tert-OH is 1. The Balaban J connectivity index is 2.34. The summed E-state index contributed by atoms with van der Waals surface area (Å²) in [5, 5.41) is 18.4. The molecule has 0 aliphatic carbocycles. The number of carbonyl (C=O) groups excluding carboxylic acids is 1. The first-order valence-electron chi connectivity index (χ1n) is 6.68. The van der Waals surface area contributed by atoms with Crippen LogP contribution in [0.15, 0.2) is 29.2 Å². The molecule has 0 spiro atoms. The Morgan fingerprint density at radius 3 is 2.55 bits per heavy atom. The molecule has 1 aliphatic rings. The van der Waals surface area contributed by atoms with Gasteiger partial charge < -0.3 is 9.84 Å². The summed E-state index contributed by atoms with van der Waals surface area (Å²) in [6, 6.07) is 4.63. The first kappa shape index (κ1) is 16.7. The molecule has 1 unspecified atom stereocenters. The molecular weight excluding hydrogens is 312 g/mol. The van der Waals surface area contributed by atoms with Gasteiger partial charge in [0.25, 0.3) is 5.91 Å². The normalized spacial score (nSPS) is 23.0. The van der Waals surface area contributed by atoms with Crippen molar-refractivity contribution in [2.24, 2.45) is 0 Å². The second-order valence-corrected chi connectivity index (χ2v) is 6.85. The predicted octanol–water partition coefficient (Wildman–Crippen LogP) is -0.285. The van der Waals surface area contributed by atoms with Crippen molar-refractivity contribution in [3.63, 3.8) is 0 Å². The molecule has 1 saturated heterocycles. The number of hydrogen-bond donors (Lipinski definition) is 3. The third-order valence-corrected chi connectivity index (χ3v) is 5.53. The highest BCUT2D eigenvalue weighted by atomic mass is 32.2. The fraction of sp³-hybridized carbons (Fsp3) is 0.462. The van der Waals surface area contributed by atoms with E-state index in [1.54, 1.807) is 0 Å². The van der Waals surface area contributed by atoms with Gasteiger partial charge in [-0.05, 0) is 37.1 Å². The Hall–Kier alpha value is -1.68. The van der Waals surface area contributed by atoms with Crippen LogP contribution in [0.25, 0.3) is 0 Å². The Kier molecular flexibility index (Phi) is 5.01.